The summed E-state index contributed by atoms with van der Waals surface area (Å²) in [6, 6.07) is 10.3. The number of rotatable bonds is 6. The highest BCUT2D eigenvalue weighted by molar-refractivity contribution is 6.34. The number of non-ortho nitro benzene ring substituents is 1. The van der Waals surface area contributed by atoms with E-state index in [-0.39, 0.29) is 22.9 Å². The molecule has 0 unspecified atom stereocenters. The van der Waals surface area contributed by atoms with Gasteiger partial charge >= 0.3 is 5.97 Å². The number of nitro benzene ring substituents is 1. The largest absolute Gasteiger partial charge is 0.462 e. The van der Waals surface area contributed by atoms with E-state index in [4.69, 9.17) is 16.3 Å². The van der Waals surface area contributed by atoms with E-state index >= 15 is 0 Å². The van der Waals surface area contributed by atoms with E-state index in [1.54, 1.807) is 13.0 Å². The van der Waals surface area contributed by atoms with Gasteiger partial charge in [-0.05, 0) is 36.8 Å². The summed E-state index contributed by atoms with van der Waals surface area (Å²) in [6.07, 6.45) is 2.68. The van der Waals surface area contributed by atoms with E-state index in [0.29, 0.717) is 11.3 Å². The van der Waals surface area contributed by atoms with Crippen molar-refractivity contribution in [3.8, 4) is 0 Å². The highest BCUT2D eigenvalue weighted by atomic mass is 35.5. The lowest BCUT2D eigenvalue weighted by Gasteiger charge is -2.07. The second-order valence-electron chi connectivity index (χ2n) is 5.09. The van der Waals surface area contributed by atoms with E-state index < -0.39 is 16.8 Å². The minimum Gasteiger partial charge on any atom is -0.462 e. The Bertz CT molecular complexity index is 880. The van der Waals surface area contributed by atoms with Gasteiger partial charge in [-0.3, -0.25) is 14.9 Å². The molecule has 134 valence electrons. The molecule has 0 heterocycles. The van der Waals surface area contributed by atoms with Crippen molar-refractivity contribution in [1.29, 1.82) is 0 Å². The standard InChI is InChI=1S/C18H15ClN2O5/c1-2-26-18(23)13-7-8-16(15(19)11-13)20-17(22)9-6-12-4-3-5-14(10-12)21(24)25/h3-11H,2H2,1H3,(H,20,22)/b9-6+. The van der Waals surface area contributed by atoms with Gasteiger partial charge in [-0.15, -0.1) is 0 Å². The third kappa shape index (κ3) is 5.15. The SMILES string of the molecule is CCOC(=O)c1ccc(NC(=O)/C=C/c2cccc([N+](=O)[O-])c2)c(Cl)c1. The average Bonchev–Trinajstić information content (AvgIpc) is 2.62. The van der Waals surface area contributed by atoms with Crippen molar-refractivity contribution < 1.29 is 19.2 Å². The van der Waals surface area contributed by atoms with Gasteiger partial charge in [0.1, 0.15) is 0 Å². The summed E-state index contributed by atoms with van der Waals surface area (Å²) in [5.74, 6) is -0.972. The van der Waals surface area contributed by atoms with Crippen LogP contribution in [0.15, 0.2) is 48.5 Å². The van der Waals surface area contributed by atoms with Gasteiger partial charge in [0, 0.05) is 18.2 Å². The number of hydrogen-bond acceptors (Lipinski definition) is 5. The first-order chi connectivity index (χ1) is 12.4. The summed E-state index contributed by atoms with van der Waals surface area (Å²) in [4.78, 5) is 33.9. The summed E-state index contributed by atoms with van der Waals surface area (Å²) < 4.78 is 4.87. The second kappa shape index (κ2) is 8.77. The van der Waals surface area contributed by atoms with Crippen molar-refractivity contribution in [2.75, 3.05) is 11.9 Å². The number of halogens is 1. The molecule has 0 aromatic heterocycles. The molecule has 0 aliphatic carbocycles. The van der Waals surface area contributed by atoms with Crippen molar-refractivity contribution in [2.45, 2.75) is 6.92 Å². The van der Waals surface area contributed by atoms with Gasteiger partial charge in [0.2, 0.25) is 5.91 Å². The molecule has 0 aliphatic heterocycles. The maximum absolute atomic E-state index is 12.0. The lowest BCUT2D eigenvalue weighted by atomic mass is 10.2. The molecule has 1 amide bonds. The number of carbonyl (C=O) groups excluding carboxylic acids is 2. The molecule has 2 aromatic carbocycles. The lowest BCUT2D eigenvalue weighted by molar-refractivity contribution is -0.384. The Hall–Kier alpha value is -3.19. The number of hydrogen-bond donors (Lipinski definition) is 1. The highest BCUT2D eigenvalue weighted by Gasteiger charge is 2.10. The number of benzene rings is 2. The molecule has 0 atom stereocenters. The number of anilines is 1. The van der Waals surface area contributed by atoms with Crippen LogP contribution in [0.2, 0.25) is 5.02 Å². The second-order valence-corrected chi connectivity index (χ2v) is 5.50. The Kier molecular flexibility index (Phi) is 6.46. The van der Waals surface area contributed by atoms with Gasteiger partial charge in [0.05, 0.1) is 27.8 Å². The van der Waals surface area contributed by atoms with E-state index in [0.717, 1.165) is 0 Å². The van der Waals surface area contributed by atoms with Crippen LogP contribution in [-0.4, -0.2) is 23.4 Å². The van der Waals surface area contributed by atoms with Crippen molar-refractivity contribution >= 4 is 40.9 Å². The molecule has 1 N–H and O–H groups in total. The topological polar surface area (TPSA) is 98.5 Å². The lowest BCUT2D eigenvalue weighted by Crippen LogP contribution is -2.09. The zero-order valence-corrected chi connectivity index (χ0v) is 14.5. The van der Waals surface area contributed by atoms with Gasteiger partial charge in [-0.2, -0.15) is 0 Å². The van der Waals surface area contributed by atoms with Crippen LogP contribution in [0.25, 0.3) is 6.08 Å². The van der Waals surface area contributed by atoms with E-state index in [9.17, 15) is 19.7 Å². The number of nitrogens with one attached hydrogen (secondary N) is 1. The van der Waals surface area contributed by atoms with Gasteiger partial charge in [0.25, 0.3) is 5.69 Å². The fourth-order valence-electron chi connectivity index (χ4n) is 2.05. The third-order valence-corrected chi connectivity index (χ3v) is 3.56. The predicted octanol–water partition coefficient (Wildman–Crippen LogP) is 4.08. The molecule has 0 spiro atoms. The Morgan fingerprint density at radius 1 is 1.27 bits per heavy atom. The summed E-state index contributed by atoms with van der Waals surface area (Å²) in [5, 5.41) is 13.5. The fourth-order valence-corrected chi connectivity index (χ4v) is 2.27. The molecule has 0 radical (unpaired) electrons. The first-order valence-corrected chi connectivity index (χ1v) is 7.98. The summed E-state index contributed by atoms with van der Waals surface area (Å²) in [6.45, 7) is 1.94. The zero-order chi connectivity index (χ0) is 19.1. The molecule has 7 nitrogen and oxygen atoms in total. The van der Waals surface area contributed by atoms with Crippen LogP contribution in [0.1, 0.15) is 22.8 Å². The van der Waals surface area contributed by atoms with Crippen LogP contribution in [-0.2, 0) is 9.53 Å². The predicted molar refractivity (Wildman–Crippen MR) is 98.2 cm³/mol. The zero-order valence-electron chi connectivity index (χ0n) is 13.8. The molecule has 0 saturated heterocycles. The Labute approximate surface area is 154 Å². The molecule has 2 rings (SSSR count). The van der Waals surface area contributed by atoms with E-state index in [2.05, 4.69) is 5.32 Å². The van der Waals surface area contributed by atoms with Gasteiger partial charge in [0.15, 0.2) is 0 Å². The number of ether oxygens (including phenoxy) is 1. The Morgan fingerprint density at radius 3 is 2.69 bits per heavy atom. The van der Waals surface area contributed by atoms with Gasteiger partial charge < -0.3 is 10.1 Å². The fraction of sp³-hybridized carbons (Fsp3) is 0.111. The van der Waals surface area contributed by atoms with Crippen LogP contribution in [0.5, 0.6) is 0 Å². The van der Waals surface area contributed by atoms with Crippen molar-refractivity contribution in [2.24, 2.45) is 0 Å². The molecule has 26 heavy (non-hydrogen) atoms. The molecule has 2 aromatic rings. The van der Waals surface area contributed by atoms with Gasteiger partial charge in [-0.1, -0.05) is 23.7 Å². The molecular formula is C18H15ClN2O5. The van der Waals surface area contributed by atoms with Crippen molar-refractivity contribution in [3.63, 3.8) is 0 Å². The summed E-state index contributed by atoms with van der Waals surface area (Å²) in [5.41, 5.74) is 1.05. The Balaban J connectivity index is 2.07. The van der Waals surface area contributed by atoms with Crippen LogP contribution in [0, 0.1) is 10.1 Å². The average molecular weight is 375 g/mol. The van der Waals surface area contributed by atoms with Crippen molar-refractivity contribution in [1.82, 2.24) is 0 Å². The summed E-state index contributed by atoms with van der Waals surface area (Å²) in [7, 11) is 0. The molecule has 0 saturated carbocycles. The maximum atomic E-state index is 12.0. The Morgan fingerprint density at radius 2 is 2.04 bits per heavy atom. The van der Waals surface area contributed by atoms with Gasteiger partial charge in [-0.25, -0.2) is 4.79 Å². The third-order valence-electron chi connectivity index (χ3n) is 3.25. The normalized spacial score (nSPS) is 10.5. The number of carbonyl (C=O) groups is 2. The monoisotopic (exact) mass is 374 g/mol. The molecular weight excluding hydrogens is 360 g/mol. The highest BCUT2D eigenvalue weighted by Crippen LogP contribution is 2.23. The smallest absolute Gasteiger partial charge is 0.338 e. The summed E-state index contributed by atoms with van der Waals surface area (Å²) >= 11 is 6.07. The minimum absolute atomic E-state index is 0.0647. The molecule has 0 bridgehead atoms. The van der Waals surface area contributed by atoms with Crippen LogP contribution < -0.4 is 5.32 Å². The number of nitro groups is 1. The molecule has 0 fully saturated rings. The van der Waals surface area contributed by atoms with Crippen LogP contribution >= 0.6 is 11.6 Å². The van der Waals surface area contributed by atoms with Crippen LogP contribution in [0.4, 0.5) is 11.4 Å². The quantitative estimate of drug-likeness (QED) is 0.355. The van der Waals surface area contributed by atoms with Crippen LogP contribution in [0.3, 0.4) is 0 Å². The molecule has 0 aliphatic rings. The number of esters is 1. The maximum Gasteiger partial charge on any atom is 0.338 e. The number of amides is 1. The molecule has 8 heteroatoms. The first-order valence-electron chi connectivity index (χ1n) is 7.61. The van der Waals surface area contributed by atoms with E-state index in [1.807, 2.05) is 0 Å². The van der Waals surface area contributed by atoms with Crippen molar-refractivity contribution in [3.05, 3.63) is 74.8 Å². The number of nitrogens with zero attached hydrogens (tertiary/aromatic N) is 1. The van der Waals surface area contributed by atoms with E-state index in [1.165, 1.54) is 48.6 Å². The minimum atomic E-state index is -0.512. The first kappa shape index (κ1) is 19.1.